The molecule has 0 aliphatic rings. The smallest absolute Gasteiger partial charge is 0.119 e. The lowest BCUT2D eigenvalue weighted by Gasteiger charge is -2.12. The third-order valence-electron chi connectivity index (χ3n) is 3.23. The highest BCUT2D eigenvalue weighted by molar-refractivity contribution is 5.32. The molecule has 2 aromatic rings. The van der Waals surface area contributed by atoms with Crippen LogP contribution in [0.5, 0.6) is 5.75 Å². The van der Waals surface area contributed by atoms with Crippen LogP contribution in [-0.2, 0) is 6.54 Å². The zero-order valence-electron chi connectivity index (χ0n) is 11.9. The zero-order valence-corrected chi connectivity index (χ0v) is 11.9. The van der Waals surface area contributed by atoms with Gasteiger partial charge in [0.2, 0.25) is 0 Å². The zero-order chi connectivity index (χ0) is 15.1. The summed E-state index contributed by atoms with van der Waals surface area (Å²) in [4.78, 5) is 0. The highest BCUT2D eigenvalue weighted by Crippen LogP contribution is 2.14. The third kappa shape index (κ3) is 4.32. The summed E-state index contributed by atoms with van der Waals surface area (Å²) >= 11 is 0. The molecule has 0 fully saturated rings. The van der Waals surface area contributed by atoms with Crippen LogP contribution in [0.4, 0.5) is 0 Å². The number of hydrogen-bond acceptors (Lipinski definition) is 4. The number of hydrogen-bond donors (Lipinski definition) is 2. The molecule has 2 aromatic carbocycles. The van der Waals surface area contributed by atoms with Crippen molar-refractivity contribution >= 4 is 0 Å². The van der Waals surface area contributed by atoms with E-state index in [0.717, 1.165) is 16.9 Å². The molecule has 0 saturated heterocycles. The number of aliphatic hydroxyl groups is 1. The van der Waals surface area contributed by atoms with Gasteiger partial charge in [0.25, 0.3) is 0 Å². The SMILES string of the molecule is COc1cccc(CNCC(O)c2ccc(C#N)cc2)c1. The minimum atomic E-state index is -0.594. The first-order valence-corrected chi connectivity index (χ1v) is 6.74. The van der Waals surface area contributed by atoms with E-state index in [0.29, 0.717) is 18.7 Å². The topological polar surface area (TPSA) is 65.3 Å². The second-order valence-electron chi connectivity index (χ2n) is 4.73. The Kier molecular flexibility index (Phi) is 5.33. The molecule has 0 amide bonds. The molecule has 4 nitrogen and oxygen atoms in total. The second kappa shape index (κ2) is 7.44. The summed E-state index contributed by atoms with van der Waals surface area (Å²) in [6.07, 6.45) is -0.594. The Morgan fingerprint density at radius 2 is 2.00 bits per heavy atom. The number of ether oxygens (including phenoxy) is 1. The number of nitrogens with zero attached hydrogens (tertiary/aromatic N) is 1. The molecule has 0 saturated carbocycles. The average molecular weight is 282 g/mol. The molecule has 21 heavy (non-hydrogen) atoms. The van der Waals surface area contributed by atoms with Crippen LogP contribution in [0.15, 0.2) is 48.5 Å². The summed E-state index contributed by atoms with van der Waals surface area (Å²) < 4.78 is 5.17. The highest BCUT2D eigenvalue weighted by atomic mass is 16.5. The predicted octanol–water partition coefficient (Wildman–Crippen LogP) is 2.39. The van der Waals surface area contributed by atoms with Crippen LogP contribution in [0.2, 0.25) is 0 Å². The van der Waals surface area contributed by atoms with Crippen molar-refractivity contribution < 1.29 is 9.84 Å². The minimum Gasteiger partial charge on any atom is -0.497 e. The van der Waals surface area contributed by atoms with Crippen LogP contribution in [0.1, 0.15) is 22.8 Å². The van der Waals surface area contributed by atoms with Crippen molar-refractivity contribution in [1.29, 1.82) is 5.26 Å². The lowest BCUT2D eigenvalue weighted by Crippen LogP contribution is -2.21. The molecule has 2 N–H and O–H groups in total. The highest BCUT2D eigenvalue weighted by Gasteiger charge is 2.07. The minimum absolute atomic E-state index is 0.448. The van der Waals surface area contributed by atoms with Gasteiger partial charge in [0.05, 0.1) is 24.8 Å². The molecule has 2 rings (SSSR count). The Labute approximate surface area is 124 Å². The van der Waals surface area contributed by atoms with E-state index in [2.05, 4.69) is 11.4 Å². The normalized spacial score (nSPS) is 11.7. The van der Waals surface area contributed by atoms with Crippen LogP contribution in [0.3, 0.4) is 0 Å². The van der Waals surface area contributed by atoms with E-state index in [9.17, 15) is 5.11 Å². The van der Waals surface area contributed by atoms with Crippen molar-refractivity contribution in [1.82, 2.24) is 5.32 Å². The first-order valence-electron chi connectivity index (χ1n) is 6.74. The van der Waals surface area contributed by atoms with Crippen LogP contribution in [0.25, 0.3) is 0 Å². The summed E-state index contributed by atoms with van der Waals surface area (Å²) in [6, 6.07) is 16.8. The molecule has 0 aromatic heterocycles. The van der Waals surface area contributed by atoms with Gasteiger partial charge in [-0.25, -0.2) is 0 Å². The fourth-order valence-electron chi connectivity index (χ4n) is 2.03. The van der Waals surface area contributed by atoms with Gasteiger partial charge in [-0.1, -0.05) is 24.3 Å². The Morgan fingerprint density at radius 1 is 1.24 bits per heavy atom. The first-order chi connectivity index (χ1) is 10.2. The molecule has 0 spiro atoms. The lowest BCUT2D eigenvalue weighted by atomic mass is 10.1. The summed E-state index contributed by atoms with van der Waals surface area (Å²) in [7, 11) is 1.64. The Bertz CT molecular complexity index is 617. The van der Waals surface area contributed by atoms with Gasteiger partial charge in [0, 0.05) is 13.1 Å². The van der Waals surface area contributed by atoms with Gasteiger partial charge in [-0.3, -0.25) is 0 Å². The molecule has 0 aliphatic carbocycles. The lowest BCUT2D eigenvalue weighted by molar-refractivity contribution is 0.174. The van der Waals surface area contributed by atoms with Crippen LogP contribution < -0.4 is 10.1 Å². The summed E-state index contributed by atoms with van der Waals surface area (Å²) in [6.45, 7) is 1.10. The maximum atomic E-state index is 10.1. The Hall–Kier alpha value is -2.35. The van der Waals surface area contributed by atoms with Crippen molar-refractivity contribution in [3.63, 3.8) is 0 Å². The Balaban J connectivity index is 1.85. The van der Waals surface area contributed by atoms with Gasteiger partial charge in [-0.2, -0.15) is 5.26 Å². The number of rotatable bonds is 6. The Morgan fingerprint density at radius 3 is 2.67 bits per heavy atom. The predicted molar refractivity (Wildman–Crippen MR) is 80.8 cm³/mol. The molecule has 108 valence electrons. The fourth-order valence-corrected chi connectivity index (χ4v) is 2.03. The van der Waals surface area contributed by atoms with Crippen molar-refractivity contribution in [2.24, 2.45) is 0 Å². The molecule has 4 heteroatoms. The number of benzene rings is 2. The van der Waals surface area contributed by atoms with Crippen LogP contribution >= 0.6 is 0 Å². The van der Waals surface area contributed by atoms with Gasteiger partial charge in [0.15, 0.2) is 0 Å². The van der Waals surface area contributed by atoms with E-state index in [1.54, 1.807) is 31.4 Å². The fraction of sp³-hybridized carbons (Fsp3) is 0.235. The largest absolute Gasteiger partial charge is 0.497 e. The molecule has 0 aliphatic heterocycles. The molecule has 0 heterocycles. The van der Waals surface area contributed by atoms with Crippen molar-refractivity contribution in [3.8, 4) is 11.8 Å². The number of nitriles is 1. The van der Waals surface area contributed by atoms with E-state index < -0.39 is 6.10 Å². The number of methoxy groups -OCH3 is 1. The van der Waals surface area contributed by atoms with Gasteiger partial charge < -0.3 is 15.2 Å². The number of aliphatic hydroxyl groups excluding tert-OH is 1. The molecular formula is C17H18N2O2. The maximum Gasteiger partial charge on any atom is 0.119 e. The van der Waals surface area contributed by atoms with E-state index in [1.807, 2.05) is 24.3 Å². The van der Waals surface area contributed by atoms with Crippen molar-refractivity contribution in [3.05, 3.63) is 65.2 Å². The molecule has 0 radical (unpaired) electrons. The summed E-state index contributed by atoms with van der Waals surface area (Å²) in [5, 5.41) is 22.0. The van der Waals surface area contributed by atoms with E-state index >= 15 is 0 Å². The average Bonchev–Trinajstić information content (AvgIpc) is 2.55. The monoisotopic (exact) mass is 282 g/mol. The third-order valence-corrected chi connectivity index (χ3v) is 3.23. The molecule has 1 atom stereocenters. The first kappa shape index (κ1) is 15.0. The van der Waals surface area contributed by atoms with E-state index in [4.69, 9.17) is 10.00 Å². The maximum absolute atomic E-state index is 10.1. The van der Waals surface area contributed by atoms with Crippen molar-refractivity contribution in [2.45, 2.75) is 12.6 Å². The van der Waals surface area contributed by atoms with Gasteiger partial charge in [-0.05, 0) is 35.4 Å². The van der Waals surface area contributed by atoms with Crippen LogP contribution in [-0.4, -0.2) is 18.8 Å². The molecular weight excluding hydrogens is 264 g/mol. The second-order valence-corrected chi connectivity index (χ2v) is 4.73. The van der Waals surface area contributed by atoms with E-state index in [1.165, 1.54) is 0 Å². The molecule has 0 bridgehead atoms. The molecule has 1 unspecified atom stereocenters. The van der Waals surface area contributed by atoms with Gasteiger partial charge >= 0.3 is 0 Å². The van der Waals surface area contributed by atoms with Gasteiger partial charge in [-0.15, -0.1) is 0 Å². The van der Waals surface area contributed by atoms with Gasteiger partial charge in [0.1, 0.15) is 5.75 Å². The summed E-state index contributed by atoms with van der Waals surface area (Å²) in [5.74, 6) is 0.821. The summed E-state index contributed by atoms with van der Waals surface area (Å²) in [5.41, 5.74) is 2.49. The standard InChI is InChI=1S/C17H18N2O2/c1-21-16-4-2-3-14(9-16)11-19-12-17(20)15-7-5-13(10-18)6-8-15/h2-9,17,19-20H,11-12H2,1H3. The quantitative estimate of drug-likeness (QED) is 0.854. The van der Waals surface area contributed by atoms with E-state index in [-0.39, 0.29) is 0 Å². The number of nitrogens with one attached hydrogen (secondary N) is 1. The van der Waals surface area contributed by atoms with Crippen molar-refractivity contribution in [2.75, 3.05) is 13.7 Å². The van der Waals surface area contributed by atoms with Crippen LogP contribution in [0, 0.1) is 11.3 Å².